The fourth-order valence-corrected chi connectivity index (χ4v) is 2.23. The first-order valence-corrected chi connectivity index (χ1v) is 10.7. The molecule has 0 fully saturated rings. The minimum Gasteiger partial charge on any atom is -0.478 e. The first kappa shape index (κ1) is 16.0. The van der Waals surface area contributed by atoms with E-state index in [0.717, 1.165) is 25.5 Å². The van der Waals surface area contributed by atoms with Crippen LogP contribution in [0.1, 0.15) is 19.8 Å². The van der Waals surface area contributed by atoms with E-state index in [2.05, 4.69) is 31.7 Å². The van der Waals surface area contributed by atoms with E-state index in [1.54, 1.807) is 10.7 Å². The molecule has 0 radical (unpaired) electrons. The van der Waals surface area contributed by atoms with E-state index < -0.39 is 8.07 Å². The molecule has 0 aliphatic heterocycles. The fourth-order valence-electron chi connectivity index (χ4n) is 1.48. The number of rotatable bonds is 9. The molecule has 0 unspecified atom stereocenters. The third-order valence-electron chi connectivity index (χ3n) is 2.72. The number of ether oxygens (including phenoxy) is 2. The number of anilines is 1. The Labute approximate surface area is 117 Å². The molecule has 2 N–H and O–H groups in total. The zero-order chi connectivity index (χ0) is 14.3. The van der Waals surface area contributed by atoms with Gasteiger partial charge in [-0.05, 0) is 12.5 Å². The van der Waals surface area contributed by atoms with Crippen LogP contribution in [0, 0.1) is 0 Å². The van der Waals surface area contributed by atoms with Crippen LogP contribution >= 0.6 is 0 Å². The average Bonchev–Trinajstić information content (AvgIpc) is 2.65. The second kappa shape index (κ2) is 7.55. The molecular weight excluding hydrogens is 258 g/mol. The van der Waals surface area contributed by atoms with Gasteiger partial charge in [-0.15, -0.1) is 0 Å². The smallest absolute Gasteiger partial charge is 0.216 e. The molecule has 1 aromatic rings. The predicted molar refractivity (Wildman–Crippen MR) is 81.1 cm³/mol. The molecule has 0 spiro atoms. The molecular formula is C13H27N3O2Si. The van der Waals surface area contributed by atoms with Crippen molar-refractivity contribution in [3.63, 3.8) is 0 Å². The summed E-state index contributed by atoms with van der Waals surface area (Å²) in [4.78, 5) is 0. The molecule has 1 rings (SSSR count). The minimum atomic E-state index is -1.04. The Hall–Kier alpha value is -1.01. The molecule has 0 saturated carbocycles. The summed E-state index contributed by atoms with van der Waals surface area (Å²) in [7, 11) is -1.04. The highest BCUT2D eigenvalue weighted by Crippen LogP contribution is 2.16. The molecule has 5 nitrogen and oxygen atoms in total. The van der Waals surface area contributed by atoms with Gasteiger partial charge in [0.1, 0.15) is 12.5 Å². The average molecular weight is 285 g/mol. The van der Waals surface area contributed by atoms with Crippen LogP contribution in [0.5, 0.6) is 5.88 Å². The summed E-state index contributed by atoms with van der Waals surface area (Å²) in [5, 5.41) is 4.18. The Kier molecular flexibility index (Phi) is 6.37. The lowest BCUT2D eigenvalue weighted by Crippen LogP contribution is -2.22. The van der Waals surface area contributed by atoms with Crippen LogP contribution in [-0.2, 0) is 11.5 Å². The molecule has 0 atom stereocenters. The summed E-state index contributed by atoms with van der Waals surface area (Å²) in [5.74, 6) is 1.17. The van der Waals surface area contributed by atoms with Gasteiger partial charge in [0.25, 0.3) is 0 Å². The number of nitrogens with zero attached hydrogens (tertiary/aromatic N) is 2. The summed E-state index contributed by atoms with van der Waals surface area (Å²) in [6, 6.07) is 2.90. The van der Waals surface area contributed by atoms with E-state index in [4.69, 9.17) is 15.2 Å². The van der Waals surface area contributed by atoms with Crippen molar-refractivity contribution in [1.82, 2.24) is 9.78 Å². The lowest BCUT2D eigenvalue weighted by atomic mass is 10.4. The zero-order valence-corrected chi connectivity index (χ0v) is 13.6. The van der Waals surface area contributed by atoms with Crippen molar-refractivity contribution in [3.05, 3.63) is 6.07 Å². The van der Waals surface area contributed by atoms with Crippen LogP contribution in [0.3, 0.4) is 0 Å². The van der Waals surface area contributed by atoms with Gasteiger partial charge >= 0.3 is 0 Å². The molecule has 1 aromatic heterocycles. The monoisotopic (exact) mass is 285 g/mol. The van der Waals surface area contributed by atoms with Crippen molar-refractivity contribution in [2.45, 2.75) is 52.2 Å². The molecule has 19 heavy (non-hydrogen) atoms. The number of nitrogen functional groups attached to an aromatic ring is 1. The summed E-state index contributed by atoms with van der Waals surface area (Å²) in [6.45, 7) is 11.0. The van der Waals surface area contributed by atoms with Crippen molar-refractivity contribution >= 4 is 13.9 Å². The molecule has 0 aromatic carbocycles. The maximum absolute atomic E-state index is 5.70. The highest BCUT2D eigenvalue weighted by molar-refractivity contribution is 6.76. The van der Waals surface area contributed by atoms with Crippen molar-refractivity contribution in [3.8, 4) is 5.88 Å². The number of aromatic nitrogens is 2. The third kappa shape index (κ3) is 6.63. The van der Waals surface area contributed by atoms with Crippen molar-refractivity contribution < 1.29 is 9.47 Å². The molecule has 0 aliphatic rings. The normalized spacial score (nSPS) is 11.8. The molecule has 110 valence electrons. The van der Waals surface area contributed by atoms with Gasteiger partial charge in [0.05, 0.1) is 6.61 Å². The number of nitrogens with two attached hydrogens (primary N) is 1. The molecule has 0 amide bonds. The summed E-state index contributed by atoms with van der Waals surface area (Å²) >= 11 is 0. The van der Waals surface area contributed by atoms with Crippen LogP contribution in [0.2, 0.25) is 25.7 Å². The summed E-state index contributed by atoms with van der Waals surface area (Å²) < 4.78 is 13.0. The Balaban J connectivity index is 2.39. The van der Waals surface area contributed by atoms with Crippen molar-refractivity contribution in [2.24, 2.45) is 0 Å². The van der Waals surface area contributed by atoms with E-state index in [1.807, 2.05) is 0 Å². The van der Waals surface area contributed by atoms with E-state index in [1.165, 1.54) is 0 Å². The highest BCUT2D eigenvalue weighted by Gasteiger charge is 2.13. The first-order valence-electron chi connectivity index (χ1n) is 6.96. The maximum Gasteiger partial charge on any atom is 0.216 e. The summed E-state index contributed by atoms with van der Waals surface area (Å²) in [5.41, 5.74) is 5.70. The third-order valence-corrected chi connectivity index (χ3v) is 4.42. The number of unbranched alkanes of at least 4 members (excludes halogenated alkanes) is 1. The predicted octanol–water partition coefficient (Wildman–Crippen LogP) is 2.96. The van der Waals surface area contributed by atoms with E-state index in [0.29, 0.717) is 25.0 Å². The van der Waals surface area contributed by atoms with Crippen LogP contribution in [0.4, 0.5) is 5.82 Å². The van der Waals surface area contributed by atoms with Crippen molar-refractivity contribution in [1.29, 1.82) is 0 Å². The quantitative estimate of drug-likeness (QED) is 0.560. The van der Waals surface area contributed by atoms with Gasteiger partial charge in [-0.2, -0.15) is 5.10 Å². The van der Waals surface area contributed by atoms with Crippen LogP contribution in [0.15, 0.2) is 6.07 Å². The van der Waals surface area contributed by atoms with Gasteiger partial charge < -0.3 is 15.2 Å². The van der Waals surface area contributed by atoms with Gasteiger partial charge in [-0.1, -0.05) is 33.0 Å². The van der Waals surface area contributed by atoms with Gasteiger partial charge in [0.2, 0.25) is 5.88 Å². The zero-order valence-electron chi connectivity index (χ0n) is 12.6. The lowest BCUT2D eigenvalue weighted by molar-refractivity contribution is 0.0704. The lowest BCUT2D eigenvalue weighted by Gasteiger charge is -2.15. The SMILES string of the molecule is CCCCOc1cc(N)nn1COCC[Si](C)(C)C. The molecule has 0 aliphatic carbocycles. The second-order valence-electron chi connectivity index (χ2n) is 5.96. The van der Waals surface area contributed by atoms with Crippen LogP contribution < -0.4 is 10.5 Å². The highest BCUT2D eigenvalue weighted by atomic mass is 28.3. The first-order chi connectivity index (χ1) is 8.92. The van der Waals surface area contributed by atoms with E-state index in [9.17, 15) is 0 Å². The van der Waals surface area contributed by atoms with Crippen LogP contribution in [0.25, 0.3) is 0 Å². The standard InChI is InChI=1S/C13H27N3O2Si/c1-5-6-7-18-13-10-12(14)15-16(13)11-17-8-9-19(2,3)4/h10H,5-9,11H2,1-4H3,(H2,14,15). The number of hydrogen-bond donors (Lipinski definition) is 1. The van der Waals surface area contributed by atoms with Crippen LogP contribution in [-0.4, -0.2) is 31.1 Å². The molecule has 6 heteroatoms. The Morgan fingerprint density at radius 2 is 2.05 bits per heavy atom. The van der Waals surface area contributed by atoms with Gasteiger partial charge in [0.15, 0.2) is 0 Å². The van der Waals surface area contributed by atoms with E-state index in [-0.39, 0.29) is 0 Å². The molecule has 0 bridgehead atoms. The number of hydrogen-bond acceptors (Lipinski definition) is 4. The molecule has 0 saturated heterocycles. The topological polar surface area (TPSA) is 62.3 Å². The Morgan fingerprint density at radius 1 is 1.32 bits per heavy atom. The maximum atomic E-state index is 5.70. The Morgan fingerprint density at radius 3 is 2.68 bits per heavy atom. The second-order valence-corrected chi connectivity index (χ2v) is 11.6. The van der Waals surface area contributed by atoms with Gasteiger partial charge in [-0.25, -0.2) is 4.68 Å². The van der Waals surface area contributed by atoms with E-state index >= 15 is 0 Å². The van der Waals surface area contributed by atoms with Gasteiger partial charge in [-0.3, -0.25) is 0 Å². The largest absolute Gasteiger partial charge is 0.478 e. The van der Waals surface area contributed by atoms with Crippen molar-refractivity contribution in [2.75, 3.05) is 18.9 Å². The Bertz CT molecular complexity index is 374. The van der Waals surface area contributed by atoms with Gasteiger partial charge in [0, 0.05) is 20.7 Å². The molecule has 1 heterocycles. The minimum absolute atomic E-state index is 0.406. The fraction of sp³-hybridized carbons (Fsp3) is 0.769. The summed E-state index contributed by atoms with van der Waals surface area (Å²) in [6.07, 6.45) is 2.14.